The van der Waals surface area contributed by atoms with Crippen LogP contribution in [0, 0.1) is 22.7 Å². The standard InChI is InChI=1S/C6H16NP.2C3H5NO/c1-5(2)7(8)6(3)4;2*4-2-1-3-5/h5-6H,8H2,1-4H3;2*5H,1,3H2. The number of nitriles is 2. The van der Waals surface area contributed by atoms with Gasteiger partial charge in [-0.15, -0.1) is 0 Å². The minimum absolute atomic E-state index is 0.0174. The summed E-state index contributed by atoms with van der Waals surface area (Å²) >= 11 is 0. The molecule has 0 amide bonds. The van der Waals surface area contributed by atoms with Crippen LogP contribution in [0.15, 0.2) is 0 Å². The van der Waals surface area contributed by atoms with Crippen LogP contribution in [-0.2, 0) is 0 Å². The van der Waals surface area contributed by atoms with Crippen LogP contribution in [0.4, 0.5) is 0 Å². The largest absolute Gasteiger partial charge is 0.395 e. The molecule has 0 saturated carbocycles. The molecule has 0 saturated heterocycles. The molecule has 5 nitrogen and oxygen atoms in total. The predicted molar refractivity (Wildman–Crippen MR) is 76.5 cm³/mol. The maximum Gasteiger partial charge on any atom is 0.0645 e. The normalized spacial score (nSPS) is 8.89. The van der Waals surface area contributed by atoms with Crippen LogP contribution in [-0.4, -0.2) is 40.2 Å². The first kappa shape index (κ1) is 22.5. The van der Waals surface area contributed by atoms with Gasteiger partial charge in [-0.2, -0.15) is 10.5 Å². The molecule has 106 valence electrons. The summed E-state index contributed by atoms with van der Waals surface area (Å²) in [6, 6.07) is 4.81. The highest BCUT2D eigenvalue weighted by molar-refractivity contribution is 7.13. The molecule has 0 fully saturated rings. The van der Waals surface area contributed by atoms with Crippen molar-refractivity contribution >= 4 is 9.39 Å². The van der Waals surface area contributed by atoms with E-state index in [1.807, 2.05) is 0 Å². The van der Waals surface area contributed by atoms with Gasteiger partial charge < -0.3 is 10.2 Å². The number of hydrogen-bond donors (Lipinski definition) is 2. The average molecular weight is 275 g/mol. The Hall–Kier alpha value is -0.710. The van der Waals surface area contributed by atoms with Crippen LogP contribution in [0.2, 0.25) is 0 Å². The topological polar surface area (TPSA) is 91.3 Å². The van der Waals surface area contributed by atoms with Gasteiger partial charge in [0.15, 0.2) is 0 Å². The molecule has 1 unspecified atom stereocenters. The zero-order valence-electron chi connectivity index (χ0n) is 11.8. The van der Waals surface area contributed by atoms with E-state index in [-0.39, 0.29) is 26.1 Å². The van der Waals surface area contributed by atoms with E-state index in [0.29, 0.717) is 12.1 Å². The van der Waals surface area contributed by atoms with Crippen molar-refractivity contribution in [1.82, 2.24) is 4.67 Å². The molecule has 0 bridgehead atoms. The third-order valence-electron chi connectivity index (χ3n) is 1.64. The van der Waals surface area contributed by atoms with E-state index in [4.69, 9.17) is 20.7 Å². The summed E-state index contributed by atoms with van der Waals surface area (Å²) in [5.41, 5.74) is 0. The summed E-state index contributed by atoms with van der Waals surface area (Å²) in [6.45, 7) is 8.72. The smallest absolute Gasteiger partial charge is 0.0645 e. The predicted octanol–water partition coefficient (Wildman–Crippen LogP) is 1.68. The highest BCUT2D eigenvalue weighted by atomic mass is 31.0. The van der Waals surface area contributed by atoms with Crippen molar-refractivity contribution in [2.24, 2.45) is 0 Å². The summed E-state index contributed by atoms with van der Waals surface area (Å²) in [4.78, 5) is 0. The SMILES string of the molecule is CC(C)N(P)C(C)C.N#CCCO.N#CCCO. The lowest BCUT2D eigenvalue weighted by Crippen LogP contribution is -2.26. The Balaban J connectivity index is -0.000000197. The molecule has 2 N–H and O–H groups in total. The number of aliphatic hydroxyl groups is 2. The highest BCUT2D eigenvalue weighted by Crippen LogP contribution is 2.09. The van der Waals surface area contributed by atoms with Gasteiger partial charge in [-0.1, -0.05) is 9.39 Å². The van der Waals surface area contributed by atoms with Gasteiger partial charge in [-0.05, 0) is 27.7 Å². The minimum atomic E-state index is -0.0174. The molecule has 0 aliphatic heterocycles. The zero-order chi connectivity index (χ0) is 15.0. The lowest BCUT2D eigenvalue weighted by atomic mass is 10.3. The number of aliphatic hydroxyl groups excluding tert-OH is 2. The summed E-state index contributed by atoms with van der Waals surface area (Å²) in [5, 5.41) is 31.0. The van der Waals surface area contributed by atoms with Crippen LogP contribution >= 0.6 is 9.39 Å². The first-order valence-electron chi connectivity index (χ1n) is 5.87. The molecule has 0 rings (SSSR count). The van der Waals surface area contributed by atoms with Gasteiger partial charge in [0.1, 0.15) is 0 Å². The molecule has 18 heavy (non-hydrogen) atoms. The third-order valence-corrected chi connectivity index (χ3v) is 2.83. The second-order valence-electron chi connectivity index (χ2n) is 3.90. The highest BCUT2D eigenvalue weighted by Gasteiger charge is 2.05. The molecule has 1 atom stereocenters. The number of nitrogens with zero attached hydrogens (tertiary/aromatic N) is 3. The Labute approximate surface area is 113 Å². The Morgan fingerprint density at radius 2 is 1.22 bits per heavy atom. The van der Waals surface area contributed by atoms with Crippen molar-refractivity contribution in [2.45, 2.75) is 52.6 Å². The lowest BCUT2D eigenvalue weighted by molar-refractivity contribution is 0.304. The lowest BCUT2D eigenvalue weighted by Gasteiger charge is -2.24. The fraction of sp³-hybridized carbons (Fsp3) is 0.833. The molecular formula is C12H26N3O2P. The van der Waals surface area contributed by atoms with Gasteiger partial charge >= 0.3 is 0 Å². The molecule has 0 heterocycles. The third kappa shape index (κ3) is 24.5. The fourth-order valence-corrected chi connectivity index (χ4v) is 0.696. The molecule has 0 aromatic carbocycles. The van der Waals surface area contributed by atoms with E-state index >= 15 is 0 Å². The van der Waals surface area contributed by atoms with Crippen molar-refractivity contribution in [3.63, 3.8) is 0 Å². The van der Waals surface area contributed by atoms with E-state index in [9.17, 15) is 0 Å². The van der Waals surface area contributed by atoms with Gasteiger partial charge in [0.25, 0.3) is 0 Å². The summed E-state index contributed by atoms with van der Waals surface area (Å²) in [5.74, 6) is 0. The first-order chi connectivity index (χ1) is 8.38. The fourth-order valence-electron chi connectivity index (χ4n) is 0.696. The van der Waals surface area contributed by atoms with E-state index in [1.165, 1.54) is 0 Å². The number of rotatable bonds is 4. The average Bonchev–Trinajstić information content (AvgIpc) is 2.31. The van der Waals surface area contributed by atoms with Gasteiger partial charge in [0.05, 0.1) is 38.2 Å². The molecule has 0 aliphatic carbocycles. The van der Waals surface area contributed by atoms with E-state index in [1.54, 1.807) is 12.1 Å². The Morgan fingerprint density at radius 3 is 1.22 bits per heavy atom. The molecule has 0 aliphatic rings. The maximum absolute atomic E-state index is 7.84. The van der Waals surface area contributed by atoms with Crippen LogP contribution < -0.4 is 0 Å². The number of hydrogen-bond acceptors (Lipinski definition) is 5. The van der Waals surface area contributed by atoms with Crippen molar-refractivity contribution in [2.75, 3.05) is 13.2 Å². The Morgan fingerprint density at radius 1 is 0.944 bits per heavy atom. The quantitative estimate of drug-likeness (QED) is 0.762. The van der Waals surface area contributed by atoms with Crippen molar-refractivity contribution in [3.05, 3.63) is 0 Å². The van der Waals surface area contributed by atoms with Crippen LogP contribution in [0.25, 0.3) is 0 Å². The van der Waals surface area contributed by atoms with Gasteiger partial charge in [0, 0.05) is 12.1 Å². The van der Waals surface area contributed by atoms with Gasteiger partial charge in [0.2, 0.25) is 0 Å². The minimum Gasteiger partial charge on any atom is -0.395 e. The molecule has 0 radical (unpaired) electrons. The molecule has 0 aromatic heterocycles. The Bertz CT molecular complexity index is 210. The molecule has 6 heteroatoms. The van der Waals surface area contributed by atoms with Gasteiger partial charge in [-0.3, -0.25) is 4.67 Å². The zero-order valence-corrected chi connectivity index (χ0v) is 13.0. The van der Waals surface area contributed by atoms with Crippen LogP contribution in [0.5, 0.6) is 0 Å². The molecule has 0 spiro atoms. The summed E-state index contributed by atoms with van der Waals surface area (Å²) < 4.78 is 2.25. The van der Waals surface area contributed by atoms with Crippen molar-refractivity contribution < 1.29 is 10.2 Å². The van der Waals surface area contributed by atoms with E-state index in [0.717, 1.165) is 0 Å². The van der Waals surface area contributed by atoms with Crippen molar-refractivity contribution in [3.8, 4) is 12.1 Å². The van der Waals surface area contributed by atoms with Gasteiger partial charge in [-0.25, -0.2) is 0 Å². The van der Waals surface area contributed by atoms with E-state index in [2.05, 4.69) is 41.8 Å². The molecule has 0 aromatic rings. The second-order valence-corrected chi connectivity index (χ2v) is 4.49. The van der Waals surface area contributed by atoms with Crippen LogP contribution in [0.1, 0.15) is 40.5 Å². The monoisotopic (exact) mass is 275 g/mol. The van der Waals surface area contributed by atoms with Crippen molar-refractivity contribution in [1.29, 1.82) is 10.5 Å². The maximum atomic E-state index is 7.84. The van der Waals surface area contributed by atoms with Crippen LogP contribution in [0.3, 0.4) is 0 Å². The first-order valence-corrected chi connectivity index (χ1v) is 6.39. The molecular weight excluding hydrogens is 249 g/mol. The Kier molecular flexibility index (Phi) is 23.3. The van der Waals surface area contributed by atoms with E-state index < -0.39 is 0 Å². The second kappa shape index (κ2) is 18.6. The summed E-state index contributed by atoms with van der Waals surface area (Å²) in [7, 11) is 2.72. The summed E-state index contributed by atoms with van der Waals surface area (Å²) in [6.07, 6.45) is 0.500.